The van der Waals surface area contributed by atoms with Gasteiger partial charge in [-0.3, -0.25) is 4.79 Å². The number of carbonyl (C=O) groups excluding carboxylic acids is 1. The number of anilines is 1. The molecule has 0 bridgehead atoms. The van der Waals surface area contributed by atoms with Crippen LogP contribution in [-0.4, -0.2) is 20.9 Å². The van der Waals surface area contributed by atoms with E-state index in [0.717, 1.165) is 16.8 Å². The van der Waals surface area contributed by atoms with Crippen molar-refractivity contribution < 1.29 is 13.2 Å². The fourth-order valence-electron chi connectivity index (χ4n) is 3.18. The average molecular weight is 358 g/mol. The van der Waals surface area contributed by atoms with Crippen molar-refractivity contribution in [1.82, 2.24) is 4.72 Å². The zero-order valence-electron chi connectivity index (χ0n) is 14.4. The number of hydrogen-bond donors (Lipinski definition) is 1. The molecule has 132 valence electrons. The fraction of sp³-hybridized carbons (Fsp3) is 0.316. The molecule has 0 spiro atoms. The third-order valence-electron chi connectivity index (χ3n) is 4.53. The number of fused-ring (bicyclic) bond motifs is 1. The van der Waals surface area contributed by atoms with E-state index in [1.807, 2.05) is 32.0 Å². The van der Waals surface area contributed by atoms with Gasteiger partial charge in [-0.05, 0) is 42.2 Å². The van der Waals surface area contributed by atoms with Gasteiger partial charge in [-0.2, -0.15) is 0 Å². The molecule has 1 heterocycles. The Bertz CT molecular complexity index is 879. The highest BCUT2D eigenvalue weighted by Crippen LogP contribution is 2.36. The van der Waals surface area contributed by atoms with Crippen LogP contribution >= 0.6 is 0 Å². The van der Waals surface area contributed by atoms with Gasteiger partial charge in [0, 0.05) is 25.2 Å². The number of rotatable bonds is 5. The summed E-state index contributed by atoms with van der Waals surface area (Å²) in [5.41, 5.74) is 2.91. The number of hydrogen-bond acceptors (Lipinski definition) is 3. The van der Waals surface area contributed by atoms with E-state index >= 15 is 0 Å². The molecule has 0 saturated heterocycles. The molecule has 0 aliphatic carbocycles. The number of carbonyl (C=O) groups is 1. The van der Waals surface area contributed by atoms with Gasteiger partial charge in [0.25, 0.3) is 0 Å². The van der Waals surface area contributed by atoms with Gasteiger partial charge in [-0.25, -0.2) is 13.1 Å². The standard InChI is InChI=1S/C19H22N2O3S/c1-3-21-18-10-9-15(12-17(18)14(2)11-19(21)22)13-20-25(23,24)16-7-5-4-6-8-16/h4-10,12,14,20H,3,11,13H2,1-2H3. The van der Waals surface area contributed by atoms with Gasteiger partial charge in [-0.15, -0.1) is 0 Å². The largest absolute Gasteiger partial charge is 0.312 e. The summed E-state index contributed by atoms with van der Waals surface area (Å²) in [5, 5.41) is 0. The lowest BCUT2D eigenvalue weighted by Gasteiger charge is -2.32. The Labute approximate surface area is 148 Å². The zero-order chi connectivity index (χ0) is 18.0. The van der Waals surface area contributed by atoms with Crippen LogP contribution in [0.5, 0.6) is 0 Å². The van der Waals surface area contributed by atoms with Gasteiger partial charge >= 0.3 is 0 Å². The summed E-state index contributed by atoms with van der Waals surface area (Å²) in [6.45, 7) is 4.84. The molecule has 6 heteroatoms. The molecule has 0 aromatic heterocycles. The summed E-state index contributed by atoms with van der Waals surface area (Å²) < 4.78 is 27.3. The topological polar surface area (TPSA) is 66.5 Å². The lowest BCUT2D eigenvalue weighted by Crippen LogP contribution is -2.36. The van der Waals surface area contributed by atoms with E-state index in [4.69, 9.17) is 0 Å². The van der Waals surface area contributed by atoms with E-state index in [2.05, 4.69) is 4.72 Å². The molecule has 1 unspecified atom stereocenters. The smallest absolute Gasteiger partial charge is 0.240 e. The zero-order valence-corrected chi connectivity index (χ0v) is 15.2. The molecule has 0 radical (unpaired) electrons. The average Bonchev–Trinajstić information content (AvgIpc) is 2.61. The minimum Gasteiger partial charge on any atom is -0.312 e. The van der Waals surface area contributed by atoms with Crippen LogP contribution in [0.15, 0.2) is 53.4 Å². The van der Waals surface area contributed by atoms with E-state index in [9.17, 15) is 13.2 Å². The number of benzene rings is 2. The molecule has 1 aliphatic rings. The molecule has 5 nitrogen and oxygen atoms in total. The van der Waals surface area contributed by atoms with Gasteiger partial charge in [0.2, 0.25) is 15.9 Å². The van der Waals surface area contributed by atoms with Crippen molar-refractivity contribution in [3.63, 3.8) is 0 Å². The number of amides is 1. The predicted molar refractivity (Wildman–Crippen MR) is 98.0 cm³/mol. The monoisotopic (exact) mass is 358 g/mol. The second-order valence-corrected chi connectivity index (χ2v) is 8.04. The molecule has 1 aliphatic heterocycles. The first-order valence-electron chi connectivity index (χ1n) is 8.40. The molecule has 1 N–H and O–H groups in total. The fourth-order valence-corrected chi connectivity index (χ4v) is 4.22. The minimum atomic E-state index is -3.53. The van der Waals surface area contributed by atoms with Gasteiger partial charge in [0.1, 0.15) is 0 Å². The SMILES string of the molecule is CCN1C(=O)CC(C)c2cc(CNS(=O)(=O)c3ccccc3)ccc21. The third-order valence-corrected chi connectivity index (χ3v) is 5.95. The van der Waals surface area contributed by atoms with Gasteiger partial charge in [0.15, 0.2) is 0 Å². The molecular formula is C19H22N2O3S. The summed E-state index contributed by atoms with van der Waals surface area (Å²) >= 11 is 0. The normalized spacial score (nSPS) is 17.4. The van der Waals surface area contributed by atoms with Crippen LogP contribution < -0.4 is 9.62 Å². The Morgan fingerprint density at radius 2 is 1.88 bits per heavy atom. The van der Waals surface area contributed by atoms with Crippen molar-refractivity contribution in [2.24, 2.45) is 0 Å². The molecule has 0 saturated carbocycles. The lowest BCUT2D eigenvalue weighted by atomic mass is 9.89. The predicted octanol–water partition coefficient (Wildman–Crippen LogP) is 3.03. The van der Waals surface area contributed by atoms with Gasteiger partial charge < -0.3 is 4.90 Å². The van der Waals surface area contributed by atoms with Crippen molar-refractivity contribution in [2.45, 2.75) is 37.6 Å². The maximum atomic E-state index is 12.3. The van der Waals surface area contributed by atoms with Crippen molar-refractivity contribution in [1.29, 1.82) is 0 Å². The first-order valence-corrected chi connectivity index (χ1v) is 9.88. The third kappa shape index (κ3) is 3.60. The van der Waals surface area contributed by atoms with Crippen LogP contribution in [0.3, 0.4) is 0 Å². The van der Waals surface area contributed by atoms with Crippen LogP contribution in [0.4, 0.5) is 5.69 Å². The maximum Gasteiger partial charge on any atom is 0.240 e. The Morgan fingerprint density at radius 3 is 2.56 bits per heavy atom. The van der Waals surface area contributed by atoms with Crippen LogP contribution in [0.2, 0.25) is 0 Å². The lowest BCUT2D eigenvalue weighted by molar-refractivity contribution is -0.119. The molecule has 2 aromatic rings. The molecule has 2 aromatic carbocycles. The maximum absolute atomic E-state index is 12.3. The van der Waals surface area contributed by atoms with Crippen LogP contribution in [0, 0.1) is 0 Å². The van der Waals surface area contributed by atoms with Crippen LogP contribution in [0.25, 0.3) is 0 Å². The molecule has 0 fully saturated rings. The quantitative estimate of drug-likeness (QED) is 0.893. The number of sulfonamides is 1. The van der Waals surface area contributed by atoms with Crippen LogP contribution in [0.1, 0.15) is 37.3 Å². The summed E-state index contributed by atoms with van der Waals surface area (Å²) in [5.74, 6) is 0.274. The summed E-state index contributed by atoms with van der Waals surface area (Å²) in [6.07, 6.45) is 0.486. The second kappa shape index (κ2) is 6.98. The van der Waals surface area contributed by atoms with Crippen molar-refractivity contribution in [3.05, 3.63) is 59.7 Å². The van der Waals surface area contributed by atoms with Crippen molar-refractivity contribution >= 4 is 21.6 Å². The number of nitrogens with one attached hydrogen (secondary N) is 1. The summed E-state index contributed by atoms with van der Waals surface area (Å²) in [7, 11) is -3.53. The van der Waals surface area contributed by atoms with Gasteiger partial charge in [0.05, 0.1) is 4.90 Å². The van der Waals surface area contributed by atoms with E-state index in [0.29, 0.717) is 13.0 Å². The van der Waals surface area contributed by atoms with E-state index in [-0.39, 0.29) is 23.3 Å². The Hall–Kier alpha value is -2.18. The minimum absolute atomic E-state index is 0.135. The molecule has 3 rings (SSSR count). The Morgan fingerprint density at radius 1 is 1.16 bits per heavy atom. The van der Waals surface area contributed by atoms with Crippen LogP contribution in [-0.2, 0) is 21.4 Å². The van der Waals surface area contributed by atoms with E-state index < -0.39 is 10.0 Å². The summed E-state index contributed by atoms with van der Waals surface area (Å²) in [6, 6.07) is 14.1. The second-order valence-electron chi connectivity index (χ2n) is 6.27. The van der Waals surface area contributed by atoms with Gasteiger partial charge in [-0.1, -0.05) is 37.3 Å². The number of nitrogens with zero attached hydrogens (tertiary/aromatic N) is 1. The molecule has 1 atom stereocenters. The highest BCUT2D eigenvalue weighted by molar-refractivity contribution is 7.89. The molecule has 1 amide bonds. The Balaban J connectivity index is 1.81. The highest BCUT2D eigenvalue weighted by atomic mass is 32.2. The van der Waals surface area contributed by atoms with Crippen molar-refractivity contribution in [3.8, 4) is 0 Å². The molecular weight excluding hydrogens is 336 g/mol. The highest BCUT2D eigenvalue weighted by Gasteiger charge is 2.28. The van der Waals surface area contributed by atoms with E-state index in [1.54, 1.807) is 35.2 Å². The Kier molecular flexibility index (Phi) is 4.92. The first-order chi connectivity index (χ1) is 11.9. The first kappa shape index (κ1) is 17.6. The molecule has 25 heavy (non-hydrogen) atoms. The van der Waals surface area contributed by atoms with Crippen molar-refractivity contribution in [2.75, 3.05) is 11.4 Å². The summed E-state index contributed by atoms with van der Waals surface area (Å²) in [4.78, 5) is 14.2. The van der Waals surface area contributed by atoms with E-state index in [1.165, 1.54) is 0 Å².